The number of benzene rings is 2. The van der Waals surface area contributed by atoms with Gasteiger partial charge in [-0.05, 0) is 17.3 Å². The van der Waals surface area contributed by atoms with E-state index in [2.05, 4.69) is 0 Å². The molecule has 2 nitrogen and oxygen atoms in total. The zero-order valence-electron chi connectivity index (χ0n) is 9.01. The van der Waals surface area contributed by atoms with Crippen molar-refractivity contribution in [1.82, 2.24) is 0 Å². The van der Waals surface area contributed by atoms with Gasteiger partial charge in [0.25, 0.3) is 0 Å². The highest BCUT2D eigenvalue weighted by Gasteiger charge is 2.03. The Bertz CT molecular complexity index is 443. The Hall–Kier alpha value is -1.74. The highest BCUT2D eigenvalue weighted by molar-refractivity contribution is 6.47. The SMILES string of the molecule is COc1ccccc1O[Si]c1ccccc1. The first-order valence-electron chi connectivity index (χ1n) is 5.01. The number of ether oxygens (including phenoxy) is 1. The average Bonchev–Trinajstić information content (AvgIpc) is 2.38. The van der Waals surface area contributed by atoms with E-state index in [1.54, 1.807) is 7.11 Å². The maximum atomic E-state index is 5.72. The minimum absolute atomic E-state index is 0.301. The van der Waals surface area contributed by atoms with Gasteiger partial charge in [0, 0.05) is 0 Å². The van der Waals surface area contributed by atoms with Gasteiger partial charge in [0.1, 0.15) is 5.75 Å². The molecule has 0 saturated carbocycles. The molecule has 2 rings (SSSR count). The molecule has 0 atom stereocenters. The van der Waals surface area contributed by atoms with Crippen molar-refractivity contribution in [1.29, 1.82) is 0 Å². The molecule has 0 N–H and O–H groups in total. The summed E-state index contributed by atoms with van der Waals surface area (Å²) in [6.45, 7) is 0. The topological polar surface area (TPSA) is 18.5 Å². The minimum atomic E-state index is 0.301. The largest absolute Gasteiger partial charge is 0.533 e. The fourth-order valence-corrected chi connectivity index (χ4v) is 2.05. The third kappa shape index (κ3) is 2.64. The van der Waals surface area contributed by atoms with Gasteiger partial charge in [0.05, 0.1) is 7.11 Å². The molecule has 16 heavy (non-hydrogen) atoms. The second kappa shape index (κ2) is 5.37. The van der Waals surface area contributed by atoms with Gasteiger partial charge in [0.15, 0.2) is 5.75 Å². The molecule has 0 fully saturated rings. The van der Waals surface area contributed by atoms with Crippen molar-refractivity contribution in [3.8, 4) is 11.5 Å². The van der Waals surface area contributed by atoms with Gasteiger partial charge < -0.3 is 9.16 Å². The summed E-state index contributed by atoms with van der Waals surface area (Å²) in [6.07, 6.45) is 0. The van der Waals surface area contributed by atoms with E-state index in [0.717, 1.165) is 11.5 Å². The van der Waals surface area contributed by atoms with Gasteiger partial charge in [-0.3, -0.25) is 0 Å². The molecule has 2 aromatic carbocycles. The van der Waals surface area contributed by atoms with E-state index in [1.165, 1.54) is 5.19 Å². The highest BCUT2D eigenvalue weighted by Crippen LogP contribution is 2.25. The number of para-hydroxylation sites is 2. The second-order valence-electron chi connectivity index (χ2n) is 3.22. The predicted octanol–water partition coefficient (Wildman–Crippen LogP) is 2.02. The van der Waals surface area contributed by atoms with Crippen LogP contribution in [0.3, 0.4) is 0 Å². The van der Waals surface area contributed by atoms with E-state index < -0.39 is 0 Å². The lowest BCUT2D eigenvalue weighted by Crippen LogP contribution is -2.19. The molecular weight excluding hydrogens is 216 g/mol. The Morgan fingerprint density at radius 1 is 0.812 bits per heavy atom. The molecule has 0 spiro atoms. The standard InChI is InChI=1S/C13H12O2Si/c1-14-12-9-5-6-10-13(12)15-16-11-7-3-2-4-8-11/h2-10H,1H3. The summed E-state index contributed by atoms with van der Waals surface area (Å²) < 4.78 is 10.9. The fraction of sp³-hybridized carbons (Fsp3) is 0.0769. The molecule has 0 aliphatic heterocycles. The maximum Gasteiger partial charge on any atom is 0.351 e. The fourth-order valence-electron chi connectivity index (χ4n) is 1.32. The molecule has 2 aromatic rings. The minimum Gasteiger partial charge on any atom is -0.533 e. The second-order valence-corrected chi connectivity index (χ2v) is 4.21. The summed E-state index contributed by atoms with van der Waals surface area (Å²) in [7, 11) is 1.95. The molecule has 0 unspecified atom stereocenters. The van der Waals surface area contributed by atoms with Crippen molar-refractivity contribution in [3.63, 3.8) is 0 Å². The number of rotatable bonds is 4. The Kier molecular flexibility index (Phi) is 3.61. The van der Waals surface area contributed by atoms with Crippen molar-refractivity contribution >= 4 is 14.9 Å². The molecule has 3 heteroatoms. The van der Waals surface area contributed by atoms with Gasteiger partial charge in [-0.2, -0.15) is 0 Å². The number of hydrogen-bond acceptors (Lipinski definition) is 2. The van der Waals surface area contributed by atoms with Crippen LogP contribution in [0.4, 0.5) is 0 Å². The van der Waals surface area contributed by atoms with Crippen molar-refractivity contribution in [2.45, 2.75) is 0 Å². The van der Waals surface area contributed by atoms with Crippen molar-refractivity contribution < 1.29 is 9.16 Å². The van der Waals surface area contributed by atoms with Crippen LogP contribution < -0.4 is 14.3 Å². The lowest BCUT2D eigenvalue weighted by atomic mass is 10.3. The van der Waals surface area contributed by atoms with Crippen LogP contribution in [0.15, 0.2) is 54.6 Å². The van der Waals surface area contributed by atoms with Gasteiger partial charge >= 0.3 is 9.76 Å². The summed E-state index contributed by atoms with van der Waals surface area (Å²) in [6, 6.07) is 17.8. The van der Waals surface area contributed by atoms with Gasteiger partial charge in [-0.25, -0.2) is 0 Å². The number of hydrogen-bond donors (Lipinski definition) is 0. The summed E-state index contributed by atoms with van der Waals surface area (Å²) in [5.74, 6) is 1.55. The van der Waals surface area contributed by atoms with E-state index in [0.29, 0.717) is 9.76 Å². The number of methoxy groups -OCH3 is 1. The third-order valence-electron chi connectivity index (χ3n) is 2.12. The van der Waals surface area contributed by atoms with Crippen LogP contribution in [-0.2, 0) is 0 Å². The maximum absolute atomic E-state index is 5.72. The molecular formula is C13H12O2Si. The Morgan fingerprint density at radius 3 is 2.12 bits per heavy atom. The van der Waals surface area contributed by atoms with Crippen LogP contribution in [0, 0.1) is 0 Å². The van der Waals surface area contributed by atoms with Crippen LogP contribution in [0.2, 0.25) is 0 Å². The Balaban J connectivity index is 2.05. The third-order valence-corrected chi connectivity index (χ3v) is 3.01. The van der Waals surface area contributed by atoms with Crippen LogP contribution in [0.5, 0.6) is 11.5 Å². The zero-order valence-corrected chi connectivity index (χ0v) is 10.0. The smallest absolute Gasteiger partial charge is 0.351 e. The molecule has 0 amide bonds. The average molecular weight is 228 g/mol. The first-order valence-corrected chi connectivity index (χ1v) is 5.92. The summed E-state index contributed by atoms with van der Waals surface area (Å²) in [5.41, 5.74) is 0. The molecule has 0 heterocycles. The van der Waals surface area contributed by atoms with Gasteiger partial charge in [0.2, 0.25) is 0 Å². The monoisotopic (exact) mass is 228 g/mol. The summed E-state index contributed by atoms with van der Waals surface area (Å²) >= 11 is 0. The van der Waals surface area contributed by atoms with Crippen molar-refractivity contribution in [2.24, 2.45) is 0 Å². The predicted molar refractivity (Wildman–Crippen MR) is 65.5 cm³/mol. The van der Waals surface area contributed by atoms with Crippen LogP contribution in [0.1, 0.15) is 0 Å². The highest BCUT2D eigenvalue weighted by atomic mass is 28.2. The van der Waals surface area contributed by atoms with Crippen LogP contribution >= 0.6 is 0 Å². The molecule has 80 valence electrons. The first kappa shape index (κ1) is 10.8. The molecule has 0 saturated heterocycles. The van der Waals surface area contributed by atoms with Gasteiger partial charge in [-0.1, -0.05) is 42.5 Å². The Morgan fingerprint density at radius 2 is 1.44 bits per heavy atom. The molecule has 0 aliphatic carbocycles. The first-order chi connectivity index (χ1) is 7.90. The molecule has 0 bridgehead atoms. The van der Waals surface area contributed by atoms with E-state index in [4.69, 9.17) is 9.16 Å². The van der Waals surface area contributed by atoms with Gasteiger partial charge in [-0.15, -0.1) is 0 Å². The Labute approximate surface area is 97.8 Å². The summed E-state index contributed by atoms with van der Waals surface area (Å²) in [5, 5.41) is 1.17. The van der Waals surface area contributed by atoms with E-state index in [-0.39, 0.29) is 0 Å². The normalized spacial score (nSPS) is 9.81. The van der Waals surface area contributed by atoms with E-state index in [9.17, 15) is 0 Å². The molecule has 0 aromatic heterocycles. The van der Waals surface area contributed by atoms with Crippen LogP contribution in [-0.4, -0.2) is 16.9 Å². The molecule has 2 radical (unpaired) electrons. The van der Waals surface area contributed by atoms with Crippen LogP contribution in [0.25, 0.3) is 0 Å². The van der Waals surface area contributed by atoms with Crippen molar-refractivity contribution in [3.05, 3.63) is 54.6 Å². The lowest BCUT2D eigenvalue weighted by Gasteiger charge is -2.09. The summed E-state index contributed by atoms with van der Waals surface area (Å²) in [4.78, 5) is 0. The van der Waals surface area contributed by atoms with Crippen molar-refractivity contribution in [2.75, 3.05) is 7.11 Å². The zero-order chi connectivity index (χ0) is 11.2. The molecule has 0 aliphatic rings. The van der Waals surface area contributed by atoms with E-state index >= 15 is 0 Å². The van der Waals surface area contributed by atoms with E-state index in [1.807, 2.05) is 54.6 Å². The quantitative estimate of drug-likeness (QED) is 0.745. The lowest BCUT2D eigenvalue weighted by molar-refractivity contribution is 0.396.